The number of hydrogen-bond donors (Lipinski definition) is 1. The van der Waals surface area contributed by atoms with E-state index >= 15 is 0 Å². The molecule has 1 aromatic heterocycles. The van der Waals surface area contributed by atoms with E-state index in [9.17, 15) is 9.90 Å². The summed E-state index contributed by atoms with van der Waals surface area (Å²) in [5.74, 6) is -0.612. The molecule has 2 aliphatic rings. The van der Waals surface area contributed by atoms with Crippen LogP contribution in [0.3, 0.4) is 0 Å². The molecule has 0 radical (unpaired) electrons. The van der Waals surface area contributed by atoms with E-state index in [-0.39, 0.29) is 6.10 Å². The van der Waals surface area contributed by atoms with E-state index in [1.54, 1.807) is 13.8 Å². The molecular weight excluding hydrogens is 408 g/mol. The van der Waals surface area contributed by atoms with E-state index in [4.69, 9.17) is 4.74 Å². The first-order chi connectivity index (χ1) is 12.7. The highest BCUT2D eigenvalue weighted by molar-refractivity contribution is 9.10. The van der Waals surface area contributed by atoms with Crippen LogP contribution in [0.25, 0.3) is 0 Å². The van der Waals surface area contributed by atoms with Crippen molar-refractivity contribution in [3.05, 3.63) is 21.4 Å². The third-order valence-corrected chi connectivity index (χ3v) is 6.95. The van der Waals surface area contributed by atoms with Gasteiger partial charge in [-0.05, 0) is 74.7 Å². The number of halogens is 1. The van der Waals surface area contributed by atoms with Crippen molar-refractivity contribution in [2.75, 3.05) is 18.0 Å². The number of esters is 1. The highest BCUT2D eigenvalue weighted by atomic mass is 79.9. The van der Waals surface area contributed by atoms with Crippen LogP contribution in [0.5, 0.6) is 0 Å². The maximum Gasteiger partial charge on any atom is 0.340 e. The fraction of sp³-hybridized carbons (Fsp3) is 0.714. The van der Waals surface area contributed by atoms with Crippen LogP contribution in [0.1, 0.15) is 75.4 Å². The molecule has 2 heterocycles. The number of piperidine rings is 1. The molecule has 1 saturated carbocycles. The van der Waals surface area contributed by atoms with Gasteiger partial charge in [-0.25, -0.2) is 4.79 Å². The number of ether oxygens (including phenoxy) is 1. The van der Waals surface area contributed by atoms with E-state index in [0.717, 1.165) is 35.4 Å². The lowest BCUT2D eigenvalue weighted by atomic mass is 9.78. The van der Waals surface area contributed by atoms with Crippen LogP contribution in [-0.4, -0.2) is 35.3 Å². The monoisotopic (exact) mass is 438 g/mol. The van der Waals surface area contributed by atoms with Crippen molar-refractivity contribution < 1.29 is 14.6 Å². The normalized spacial score (nSPS) is 20.3. The predicted octanol–water partition coefficient (Wildman–Crippen LogP) is 4.61. The topological polar surface area (TPSA) is 62.7 Å². The molecule has 6 heteroatoms. The number of aryl methyl sites for hydroxylation is 2. The summed E-state index contributed by atoms with van der Waals surface area (Å²) in [6, 6.07) is 0. The summed E-state index contributed by atoms with van der Waals surface area (Å²) in [5.41, 5.74) is 3.43. The highest BCUT2D eigenvalue weighted by Gasteiger charge is 2.40. The van der Waals surface area contributed by atoms with Gasteiger partial charge in [0.05, 0.1) is 22.0 Å². The fourth-order valence-corrected chi connectivity index (χ4v) is 5.36. The minimum Gasteiger partial charge on any atom is -0.461 e. The Morgan fingerprint density at radius 3 is 2.44 bits per heavy atom. The van der Waals surface area contributed by atoms with Gasteiger partial charge in [0.1, 0.15) is 0 Å². The van der Waals surface area contributed by atoms with Crippen molar-refractivity contribution in [1.82, 2.24) is 4.98 Å². The lowest BCUT2D eigenvalue weighted by molar-refractivity contribution is -0.157. The number of nitrogens with zero attached hydrogens (tertiary/aromatic N) is 2. The molecule has 1 aliphatic heterocycles. The van der Waals surface area contributed by atoms with Gasteiger partial charge in [-0.3, -0.25) is 4.98 Å². The molecule has 2 fully saturated rings. The largest absolute Gasteiger partial charge is 0.461 e. The van der Waals surface area contributed by atoms with Gasteiger partial charge >= 0.3 is 5.97 Å². The molecule has 1 N–H and O–H groups in total. The molecule has 1 aromatic rings. The molecule has 0 bridgehead atoms. The SMILES string of the molecule is Cc1nc(C)c([C@H](O)C(=O)OC(C)C)c(N2CCCC3(CCCC3)C2)c1Br. The summed E-state index contributed by atoms with van der Waals surface area (Å²) in [4.78, 5) is 19.4. The number of hydrogen-bond acceptors (Lipinski definition) is 5. The second kappa shape index (κ2) is 8.08. The molecule has 150 valence electrons. The van der Waals surface area contributed by atoms with Crippen LogP contribution in [0.4, 0.5) is 5.69 Å². The zero-order valence-electron chi connectivity index (χ0n) is 16.8. The first-order valence-electron chi connectivity index (χ1n) is 10.0. The third kappa shape index (κ3) is 4.16. The van der Waals surface area contributed by atoms with Crippen molar-refractivity contribution in [3.8, 4) is 0 Å². The first-order valence-corrected chi connectivity index (χ1v) is 10.8. The second-order valence-corrected chi connectivity index (χ2v) is 9.27. The Balaban J connectivity index is 2.01. The van der Waals surface area contributed by atoms with E-state index in [1.807, 2.05) is 13.8 Å². The zero-order chi connectivity index (χ0) is 19.8. The van der Waals surface area contributed by atoms with Gasteiger partial charge < -0.3 is 14.7 Å². The average Bonchev–Trinajstić information content (AvgIpc) is 3.04. The number of anilines is 1. The molecule has 0 aromatic carbocycles. The molecule has 27 heavy (non-hydrogen) atoms. The van der Waals surface area contributed by atoms with Gasteiger partial charge in [-0.1, -0.05) is 12.8 Å². The maximum absolute atomic E-state index is 12.5. The van der Waals surface area contributed by atoms with Crippen molar-refractivity contribution in [2.24, 2.45) is 5.41 Å². The lowest BCUT2D eigenvalue weighted by Crippen LogP contribution is -2.43. The molecular formula is C21H31BrN2O3. The summed E-state index contributed by atoms with van der Waals surface area (Å²) in [7, 11) is 0. The van der Waals surface area contributed by atoms with E-state index in [0.29, 0.717) is 16.7 Å². The third-order valence-electron chi connectivity index (χ3n) is 6.00. The molecule has 0 amide bonds. The number of pyridine rings is 1. The van der Waals surface area contributed by atoms with E-state index in [1.165, 1.54) is 32.1 Å². The summed E-state index contributed by atoms with van der Waals surface area (Å²) in [5, 5.41) is 10.8. The molecule has 1 saturated heterocycles. The second-order valence-electron chi connectivity index (χ2n) is 8.48. The highest BCUT2D eigenvalue weighted by Crippen LogP contribution is 2.48. The Labute approximate surface area is 170 Å². The average molecular weight is 439 g/mol. The van der Waals surface area contributed by atoms with Gasteiger partial charge in [0.25, 0.3) is 0 Å². The smallest absolute Gasteiger partial charge is 0.340 e. The number of carbonyl (C=O) groups excluding carboxylic acids is 1. The summed E-state index contributed by atoms with van der Waals surface area (Å²) in [6.07, 6.45) is 5.98. The zero-order valence-corrected chi connectivity index (χ0v) is 18.4. The van der Waals surface area contributed by atoms with Crippen molar-refractivity contribution in [1.29, 1.82) is 0 Å². The molecule has 0 unspecified atom stereocenters. The first kappa shape index (κ1) is 20.6. The lowest BCUT2D eigenvalue weighted by Gasteiger charge is -2.43. The molecule has 3 rings (SSSR count). The fourth-order valence-electron chi connectivity index (χ4n) is 4.80. The minimum absolute atomic E-state index is 0.269. The van der Waals surface area contributed by atoms with Crippen LogP contribution < -0.4 is 4.90 Å². The Hall–Kier alpha value is -1.14. The van der Waals surface area contributed by atoms with Crippen LogP contribution in [-0.2, 0) is 9.53 Å². The van der Waals surface area contributed by atoms with E-state index in [2.05, 4.69) is 25.8 Å². The summed E-state index contributed by atoms with van der Waals surface area (Å²) < 4.78 is 6.15. The predicted molar refractivity (Wildman–Crippen MR) is 110 cm³/mol. The van der Waals surface area contributed by atoms with E-state index < -0.39 is 12.1 Å². The van der Waals surface area contributed by atoms with Crippen molar-refractivity contribution in [2.45, 2.75) is 78.4 Å². The number of aromatic nitrogens is 1. The molecule has 1 aliphatic carbocycles. The van der Waals surface area contributed by atoms with Crippen LogP contribution in [0.15, 0.2) is 4.47 Å². The molecule has 1 atom stereocenters. The Bertz CT molecular complexity index is 714. The van der Waals surface area contributed by atoms with Crippen molar-refractivity contribution in [3.63, 3.8) is 0 Å². The Kier molecular flexibility index (Phi) is 6.16. The number of carbonyl (C=O) groups is 1. The van der Waals surface area contributed by atoms with Gasteiger partial charge in [0, 0.05) is 24.3 Å². The van der Waals surface area contributed by atoms with Gasteiger partial charge in [-0.2, -0.15) is 0 Å². The molecule has 1 spiro atoms. The quantitative estimate of drug-likeness (QED) is 0.695. The van der Waals surface area contributed by atoms with Crippen LogP contribution in [0, 0.1) is 19.3 Å². The van der Waals surface area contributed by atoms with Gasteiger partial charge in [0.2, 0.25) is 0 Å². The number of rotatable bonds is 4. The summed E-state index contributed by atoms with van der Waals surface area (Å²) in [6.45, 7) is 9.31. The Morgan fingerprint density at radius 1 is 1.19 bits per heavy atom. The number of aliphatic hydroxyl groups excluding tert-OH is 1. The maximum atomic E-state index is 12.5. The Morgan fingerprint density at radius 2 is 1.81 bits per heavy atom. The van der Waals surface area contributed by atoms with Crippen molar-refractivity contribution >= 4 is 27.6 Å². The minimum atomic E-state index is -1.33. The van der Waals surface area contributed by atoms with Gasteiger partial charge in [-0.15, -0.1) is 0 Å². The number of aliphatic hydroxyl groups is 1. The van der Waals surface area contributed by atoms with Crippen LogP contribution in [0.2, 0.25) is 0 Å². The van der Waals surface area contributed by atoms with Crippen LogP contribution >= 0.6 is 15.9 Å². The summed E-state index contributed by atoms with van der Waals surface area (Å²) >= 11 is 3.70. The standard InChI is InChI=1S/C21H31BrN2O3/c1-13(2)27-20(26)19(25)16-14(3)23-15(4)17(22)18(16)24-11-7-10-21(12-24)8-5-6-9-21/h13,19,25H,5-12H2,1-4H3/t19-/m0/s1. The van der Waals surface area contributed by atoms with Gasteiger partial charge in [0.15, 0.2) is 6.10 Å². The molecule has 5 nitrogen and oxygen atoms in total.